The van der Waals surface area contributed by atoms with Crippen molar-refractivity contribution in [2.24, 2.45) is 0 Å². The van der Waals surface area contributed by atoms with Gasteiger partial charge in [0, 0.05) is 12.1 Å². The predicted octanol–water partition coefficient (Wildman–Crippen LogP) is 1.13. The van der Waals surface area contributed by atoms with Crippen LogP contribution in [0.5, 0.6) is 0 Å². The summed E-state index contributed by atoms with van der Waals surface area (Å²) in [6, 6.07) is 2.80. The lowest BCUT2D eigenvalue weighted by molar-refractivity contribution is 0.0932. The van der Waals surface area contributed by atoms with Gasteiger partial charge in [0.05, 0.1) is 6.61 Å². The lowest BCUT2D eigenvalue weighted by Gasteiger charge is -2.02. The second-order valence-corrected chi connectivity index (χ2v) is 2.59. The summed E-state index contributed by atoms with van der Waals surface area (Å²) in [6.45, 7) is -0.479. The highest BCUT2D eigenvalue weighted by molar-refractivity contribution is 5.94. The van der Waals surface area contributed by atoms with Crippen molar-refractivity contribution in [3.05, 3.63) is 35.4 Å². The topological polar surface area (TPSA) is 49.0 Å². The molecule has 1 N–H and O–H groups in total. The number of rotatable bonds is 3. The van der Waals surface area contributed by atoms with Gasteiger partial charge in [-0.25, -0.2) is 13.9 Å². The maximum absolute atomic E-state index is 12.6. The molecular weight excluding hydrogens is 192 g/mol. The molecule has 1 aromatic rings. The minimum atomic E-state index is -1.08. The van der Waals surface area contributed by atoms with Gasteiger partial charge < -0.3 is 5.32 Å². The highest BCUT2D eigenvalue weighted by atomic mass is 19.2. The first-order chi connectivity index (χ1) is 6.65. The van der Waals surface area contributed by atoms with E-state index in [2.05, 4.69) is 5.32 Å². The number of benzene rings is 1. The van der Waals surface area contributed by atoms with Crippen molar-refractivity contribution in [2.75, 3.05) is 13.2 Å². The van der Waals surface area contributed by atoms with E-state index in [4.69, 9.17) is 0 Å². The zero-order valence-corrected chi connectivity index (χ0v) is 7.22. The van der Waals surface area contributed by atoms with Crippen LogP contribution in [-0.2, 0) is 5.11 Å². The van der Waals surface area contributed by atoms with Gasteiger partial charge in [-0.3, -0.25) is 4.79 Å². The van der Waals surface area contributed by atoms with Crippen molar-refractivity contribution in [3.63, 3.8) is 0 Å². The average molecular weight is 200 g/mol. The monoisotopic (exact) mass is 200 g/mol. The van der Waals surface area contributed by atoms with Gasteiger partial charge in [0.1, 0.15) is 0 Å². The standard InChI is InChI=1S/C9H8F2NO2/c10-7-2-1-6(5-8(7)11)9(14)12-3-4-13/h1-2,5H,3-4H2,(H,12,14). The summed E-state index contributed by atoms with van der Waals surface area (Å²) >= 11 is 0. The summed E-state index contributed by atoms with van der Waals surface area (Å²) in [7, 11) is 0. The van der Waals surface area contributed by atoms with Gasteiger partial charge in [-0.05, 0) is 18.2 Å². The van der Waals surface area contributed by atoms with E-state index in [1.165, 1.54) is 0 Å². The molecule has 0 aliphatic heterocycles. The van der Waals surface area contributed by atoms with Gasteiger partial charge in [-0.15, -0.1) is 0 Å². The number of hydrogen-bond donors (Lipinski definition) is 1. The van der Waals surface area contributed by atoms with Crippen LogP contribution in [0.2, 0.25) is 0 Å². The molecule has 1 amide bonds. The second-order valence-electron chi connectivity index (χ2n) is 2.59. The number of halogens is 2. The first-order valence-electron chi connectivity index (χ1n) is 3.96. The van der Waals surface area contributed by atoms with Gasteiger partial charge in [0.25, 0.3) is 5.91 Å². The van der Waals surface area contributed by atoms with E-state index >= 15 is 0 Å². The molecule has 14 heavy (non-hydrogen) atoms. The molecular formula is C9H8F2NO2. The van der Waals surface area contributed by atoms with Gasteiger partial charge in [-0.2, -0.15) is 0 Å². The molecule has 75 valence electrons. The summed E-state index contributed by atoms with van der Waals surface area (Å²) in [5.74, 6) is -2.68. The third-order valence-corrected chi connectivity index (χ3v) is 1.57. The van der Waals surface area contributed by atoms with Crippen molar-refractivity contribution >= 4 is 5.91 Å². The van der Waals surface area contributed by atoms with Crippen LogP contribution in [0.1, 0.15) is 10.4 Å². The van der Waals surface area contributed by atoms with Crippen LogP contribution >= 0.6 is 0 Å². The third kappa shape index (κ3) is 2.50. The van der Waals surface area contributed by atoms with Gasteiger partial charge in [-0.1, -0.05) is 0 Å². The Kier molecular flexibility index (Phi) is 3.53. The minimum Gasteiger partial charge on any atom is -0.350 e. The molecule has 0 heterocycles. The number of nitrogens with one attached hydrogen (secondary N) is 1. The fourth-order valence-corrected chi connectivity index (χ4v) is 0.904. The molecule has 0 unspecified atom stereocenters. The normalized spacial score (nSPS) is 9.93. The molecule has 0 spiro atoms. The highest BCUT2D eigenvalue weighted by Gasteiger charge is 2.08. The molecule has 3 nitrogen and oxygen atoms in total. The maximum Gasteiger partial charge on any atom is 0.251 e. The first-order valence-corrected chi connectivity index (χ1v) is 3.96. The molecule has 0 aromatic heterocycles. The molecule has 0 atom stereocenters. The molecule has 0 saturated heterocycles. The third-order valence-electron chi connectivity index (χ3n) is 1.57. The molecule has 0 aliphatic carbocycles. The van der Waals surface area contributed by atoms with Gasteiger partial charge in [0.15, 0.2) is 11.6 Å². The van der Waals surface area contributed by atoms with Crippen LogP contribution in [0, 0.1) is 11.6 Å². The lowest BCUT2D eigenvalue weighted by atomic mass is 10.2. The van der Waals surface area contributed by atoms with Crippen molar-refractivity contribution in [3.8, 4) is 0 Å². The summed E-state index contributed by atoms with van der Waals surface area (Å²) < 4.78 is 25.1. The molecule has 1 radical (unpaired) electrons. The lowest BCUT2D eigenvalue weighted by Crippen LogP contribution is -2.26. The van der Waals surface area contributed by atoms with E-state index in [-0.39, 0.29) is 12.1 Å². The van der Waals surface area contributed by atoms with Crippen LogP contribution < -0.4 is 5.32 Å². The fraction of sp³-hybridized carbons (Fsp3) is 0.222. The van der Waals surface area contributed by atoms with Gasteiger partial charge in [0.2, 0.25) is 0 Å². The van der Waals surface area contributed by atoms with E-state index in [0.29, 0.717) is 0 Å². The van der Waals surface area contributed by atoms with Crippen molar-refractivity contribution in [1.29, 1.82) is 0 Å². The molecule has 0 fully saturated rings. The maximum atomic E-state index is 12.6. The predicted molar refractivity (Wildman–Crippen MR) is 44.2 cm³/mol. The Labute approximate surface area is 79.4 Å². The van der Waals surface area contributed by atoms with Crippen molar-refractivity contribution in [2.45, 2.75) is 0 Å². The Bertz CT molecular complexity index is 342. The number of carbonyl (C=O) groups is 1. The van der Waals surface area contributed by atoms with Crippen LogP contribution in [0.4, 0.5) is 8.78 Å². The van der Waals surface area contributed by atoms with Crippen molar-refractivity contribution in [1.82, 2.24) is 5.32 Å². The van der Waals surface area contributed by atoms with Crippen LogP contribution in [0.15, 0.2) is 18.2 Å². The smallest absolute Gasteiger partial charge is 0.251 e. The molecule has 0 bridgehead atoms. The van der Waals surface area contributed by atoms with E-state index in [1.807, 2.05) is 0 Å². The van der Waals surface area contributed by atoms with Crippen LogP contribution in [-0.4, -0.2) is 19.1 Å². The number of amides is 1. The summed E-state index contributed by atoms with van der Waals surface area (Å²) in [4.78, 5) is 11.1. The van der Waals surface area contributed by atoms with Crippen LogP contribution in [0.25, 0.3) is 0 Å². The van der Waals surface area contributed by atoms with E-state index in [9.17, 15) is 18.7 Å². The first kappa shape index (κ1) is 10.6. The molecule has 0 aliphatic rings. The number of hydrogen-bond acceptors (Lipinski definition) is 1. The average Bonchev–Trinajstić information content (AvgIpc) is 2.18. The minimum absolute atomic E-state index is 0.00245. The largest absolute Gasteiger partial charge is 0.350 e. The zero-order chi connectivity index (χ0) is 10.6. The van der Waals surface area contributed by atoms with E-state index in [1.54, 1.807) is 0 Å². The molecule has 5 heteroatoms. The Morgan fingerprint density at radius 1 is 1.29 bits per heavy atom. The Morgan fingerprint density at radius 3 is 2.57 bits per heavy atom. The van der Waals surface area contributed by atoms with Crippen molar-refractivity contribution < 1.29 is 18.7 Å². The quantitative estimate of drug-likeness (QED) is 0.781. The van der Waals surface area contributed by atoms with E-state index < -0.39 is 24.1 Å². The zero-order valence-electron chi connectivity index (χ0n) is 7.22. The summed E-state index contributed by atoms with van der Waals surface area (Å²) in [6.07, 6.45) is 0. The Morgan fingerprint density at radius 2 is 2.00 bits per heavy atom. The highest BCUT2D eigenvalue weighted by Crippen LogP contribution is 2.08. The number of carbonyl (C=O) groups excluding carboxylic acids is 1. The summed E-state index contributed by atoms with van der Waals surface area (Å²) in [5.41, 5.74) is -0.00245. The Hall–Kier alpha value is -1.49. The summed E-state index contributed by atoms with van der Waals surface area (Å²) in [5, 5.41) is 12.3. The Balaban J connectivity index is 2.76. The van der Waals surface area contributed by atoms with Crippen LogP contribution in [0.3, 0.4) is 0 Å². The fourth-order valence-electron chi connectivity index (χ4n) is 0.904. The van der Waals surface area contributed by atoms with Gasteiger partial charge >= 0.3 is 0 Å². The SMILES string of the molecule is [O]CCNC(=O)c1ccc(F)c(F)c1. The molecule has 1 rings (SSSR count). The second kappa shape index (κ2) is 4.66. The molecule has 1 aromatic carbocycles. The molecule has 0 saturated carbocycles. The van der Waals surface area contributed by atoms with E-state index in [0.717, 1.165) is 18.2 Å².